The average Bonchev–Trinajstić information content (AvgIpc) is 2.89. The zero-order valence-electron chi connectivity index (χ0n) is 23.4. The lowest BCUT2D eigenvalue weighted by Gasteiger charge is -2.10. The van der Waals surface area contributed by atoms with Crippen molar-refractivity contribution in [3.8, 4) is 0 Å². The van der Waals surface area contributed by atoms with Crippen LogP contribution in [-0.4, -0.2) is 0 Å². The molecule has 0 atom stereocenters. The molecule has 0 amide bonds. The van der Waals surface area contributed by atoms with E-state index in [0.717, 1.165) is 6.54 Å². The second-order valence-corrected chi connectivity index (χ2v) is 10.8. The van der Waals surface area contributed by atoms with Crippen LogP contribution in [0.4, 0.5) is 0 Å². The van der Waals surface area contributed by atoms with Gasteiger partial charge in [0.15, 0.2) is 12.4 Å². The Labute approximate surface area is 218 Å². The number of nitrogens with zero attached hydrogens (tertiary/aromatic N) is 1. The van der Waals surface area contributed by atoms with Crippen molar-refractivity contribution in [2.45, 2.75) is 149 Å². The van der Waals surface area contributed by atoms with Crippen LogP contribution >= 0.6 is 0 Å². The molecule has 0 aliphatic heterocycles. The quantitative estimate of drug-likeness (QED) is 0.117. The Kier molecular flexibility index (Phi) is 17.4. The van der Waals surface area contributed by atoms with Gasteiger partial charge in [-0.15, -0.1) is 0 Å². The summed E-state index contributed by atoms with van der Waals surface area (Å²) >= 11 is 0. The number of hydrogen-bond acceptors (Lipinski definition) is 0. The maximum absolute atomic E-state index is 2.49. The Hall–Kier alpha value is -1.63. The molecule has 1 nitrogen and oxygen atoms in total. The summed E-state index contributed by atoms with van der Waals surface area (Å²) in [7, 11) is 0. The Balaban J connectivity index is 1.78. The van der Waals surface area contributed by atoms with Gasteiger partial charge in [-0.25, -0.2) is 4.57 Å². The van der Waals surface area contributed by atoms with Crippen LogP contribution in [0.1, 0.15) is 140 Å². The summed E-state index contributed by atoms with van der Waals surface area (Å²) in [6.07, 6.45) is 32.2. The Bertz CT molecular complexity index is 736. The fourth-order valence-electron chi connectivity index (χ4n) is 5.24. The monoisotopic (exact) mass is 478 g/mol. The van der Waals surface area contributed by atoms with Gasteiger partial charge in [-0.2, -0.15) is 0 Å². The maximum atomic E-state index is 2.49. The van der Waals surface area contributed by atoms with Crippen LogP contribution < -0.4 is 4.57 Å². The Morgan fingerprint density at radius 1 is 0.486 bits per heavy atom. The Morgan fingerprint density at radius 3 is 1.57 bits per heavy atom. The third-order valence-electron chi connectivity index (χ3n) is 7.53. The minimum Gasteiger partial charge on any atom is -0.205 e. The molecule has 0 unspecified atom stereocenters. The van der Waals surface area contributed by atoms with E-state index in [1.54, 1.807) is 11.1 Å². The highest BCUT2D eigenvalue weighted by atomic mass is 14.9. The number of pyridine rings is 1. The molecule has 0 aliphatic rings. The second kappa shape index (κ2) is 20.6. The van der Waals surface area contributed by atoms with Crippen molar-refractivity contribution in [1.82, 2.24) is 0 Å². The van der Waals surface area contributed by atoms with E-state index in [0.29, 0.717) is 0 Å². The van der Waals surface area contributed by atoms with Gasteiger partial charge in [-0.3, -0.25) is 0 Å². The van der Waals surface area contributed by atoms with Gasteiger partial charge < -0.3 is 0 Å². The highest BCUT2D eigenvalue weighted by Gasteiger charge is 2.10. The average molecular weight is 479 g/mol. The molecule has 2 aromatic rings. The zero-order chi connectivity index (χ0) is 24.8. The topological polar surface area (TPSA) is 3.88 Å². The van der Waals surface area contributed by atoms with Crippen LogP contribution in [0.5, 0.6) is 0 Å². The van der Waals surface area contributed by atoms with Gasteiger partial charge in [0.2, 0.25) is 0 Å². The van der Waals surface area contributed by atoms with Gasteiger partial charge in [-0.05, 0) is 43.2 Å². The van der Waals surface area contributed by atoms with Crippen molar-refractivity contribution in [2.24, 2.45) is 0 Å². The lowest BCUT2D eigenvalue weighted by molar-refractivity contribution is -0.697. The lowest BCUT2D eigenvalue weighted by Crippen LogP contribution is -2.34. The standard InChI is InChI=1S/C34H56N/c1-3-5-7-9-11-13-15-20-26-33-28-30-35(29-22-25-32-23-18-17-19-24-32)31-34(33)27-21-16-14-12-10-8-6-4-2/h17-19,23-24,28,30-31H,3-16,20-22,25-27,29H2,1-2H3/q+1. The first-order valence-corrected chi connectivity index (χ1v) is 15.4. The molecule has 0 saturated heterocycles. The van der Waals surface area contributed by atoms with Crippen molar-refractivity contribution in [3.63, 3.8) is 0 Å². The summed E-state index contributed by atoms with van der Waals surface area (Å²) in [5, 5.41) is 0. The fourth-order valence-corrected chi connectivity index (χ4v) is 5.24. The van der Waals surface area contributed by atoms with Gasteiger partial charge in [0, 0.05) is 18.1 Å². The molecule has 0 aliphatic carbocycles. The van der Waals surface area contributed by atoms with Gasteiger partial charge in [-0.1, -0.05) is 134 Å². The minimum atomic E-state index is 1.12. The molecular formula is C34H56N+. The molecule has 0 N–H and O–H groups in total. The number of aromatic nitrogens is 1. The summed E-state index contributed by atoms with van der Waals surface area (Å²) in [6.45, 7) is 5.73. The molecule has 1 aromatic carbocycles. The summed E-state index contributed by atoms with van der Waals surface area (Å²) in [6, 6.07) is 13.4. The largest absolute Gasteiger partial charge is 0.205 e. The van der Waals surface area contributed by atoms with E-state index in [9.17, 15) is 0 Å². The molecule has 0 saturated carbocycles. The molecule has 0 spiro atoms. The summed E-state index contributed by atoms with van der Waals surface area (Å²) in [5.41, 5.74) is 4.71. The summed E-state index contributed by atoms with van der Waals surface area (Å²) in [4.78, 5) is 0. The summed E-state index contributed by atoms with van der Waals surface area (Å²) in [5.74, 6) is 0. The number of hydrogen-bond donors (Lipinski definition) is 0. The molecule has 196 valence electrons. The van der Waals surface area contributed by atoms with Crippen LogP contribution in [0.3, 0.4) is 0 Å². The molecular weight excluding hydrogens is 422 g/mol. The van der Waals surface area contributed by atoms with Gasteiger partial charge in [0.25, 0.3) is 0 Å². The van der Waals surface area contributed by atoms with Crippen molar-refractivity contribution in [3.05, 3.63) is 65.5 Å². The van der Waals surface area contributed by atoms with Crippen LogP contribution in [0.2, 0.25) is 0 Å². The highest BCUT2D eigenvalue weighted by molar-refractivity contribution is 5.21. The smallest absolute Gasteiger partial charge is 0.172 e. The van der Waals surface area contributed by atoms with E-state index >= 15 is 0 Å². The fraction of sp³-hybridized carbons (Fsp3) is 0.676. The predicted molar refractivity (Wildman–Crippen MR) is 154 cm³/mol. The van der Waals surface area contributed by atoms with E-state index in [1.807, 2.05) is 0 Å². The van der Waals surface area contributed by atoms with Gasteiger partial charge in [0.05, 0.1) is 0 Å². The first-order chi connectivity index (χ1) is 17.3. The molecule has 1 aromatic heterocycles. The highest BCUT2D eigenvalue weighted by Crippen LogP contribution is 2.17. The number of rotatable bonds is 22. The zero-order valence-corrected chi connectivity index (χ0v) is 23.4. The van der Waals surface area contributed by atoms with Gasteiger partial charge >= 0.3 is 0 Å². The molecule has 1 heterocycles. The van der Waals surface area contributed by atoms with Crippen LogP contribution in [0.15, 0.2) is 48.8 Å². The molecule has 1 heteroatoms. The van der Waals surface area contributed by atoms with Crippen molar-refractivity contribution < 1.29 is 4.57 Å². The molecule has 0 fully saturated rings. The van der Waals surface area contributed by atoms with E-state index in [4.69, 9.17) is 0 Å². The van der Waals surface area contributed by atoms with Crippen LogP contribution in [-0.2, 0) is 25.8 Å². The van der Waals surface area contributed by atoms with E-state index < -0.39 is 0 Å². The van der Waals surface area contributed by atoms with Crippen molar-refractivity contribution >= 4 is 0 Å². The normalized spacial score (nSPS) is 11.3. The number of unbranched alkanes of at least 4 members (excludes halogenated alkanes) is 14. The third kappa shape index (κ3) is 14.5. The van der Waals surface area contributed by atoms with Crippen molar-refractivity contribution in [1.29, 1.82) is 0 Å². The predicted octanol–water partition coefficient (Wildman–Crippen LogP) is 9.97. The minimum absolute atomic E-state index is 1.12. The first kappa shape index (κ1) is 29.6. The van der Waals surface area contributed by atoms with E-state index in [-0.39, 0.29) is 0 Å². The SMILES string of the molecule is CCCCCCCCCCc1cc[n+](CCCc2ccccc2)cc1CCCCCCCCCC. The summed E-state index contributed by atoms with van der Waals surface area (Å²) < 4.78 is 2.46. The number of aryl methyl sites for hydroxylation is 4. The lowest BCUT2D eigenvalue weighted by atomic mass is 9.97. The third-order valence-corrected chi connectivity index (χ3v) is 7.53. The van der Waals surface area contributed by atoms with Crippen molar-refractivity contribution in [2.75, 3.05) is 0 Å². The van der Waals surface area contributed by atoms with Crippen LogP contribution in [0, 0.1) is 0 Å². The molecule has 0 radical (unpaired) electrons. The first-order valence-electron chi connectivity index (χ1n) is 15.4. The molecule has 0 bridgehead atoms. The van der Waals surface area contributed by atoms with E-state index in [2.05, 4.69) is 67.2 Å². The molecule has 2 rings (SSSR count). The number of benzene rings is 1. The van der Waals surface area contributed by atoms with Gasteiger partial charge in [0.1, 0.15) is 6.54 Å². The second-order valence-electron chi connectivity index (χ2n) is 10.8. The van der Waals surface area contributed by atoms with E-state index in [1.165, 1.54) is 134 Å². The maximum Gasteiger partial charge on any atom is 0.172 e. The Morgan fingerprint density at radius 2 is 1.00 bits per heavy atom. The van der Waals surface area contributed by atoms with Crippen LogP contribution in [0.25, 0.3) is 0 Å². The molecule has 35 heavy (non-hydrogen) atoms.